The molecule has 0 aromatic heterocycles. The highest BCUT2D eigenvalue weighted by Gasteiger charge is 2.14. The summed E-state index contributed by atoms with van der Waals surface area (Å²) in [5, 5.41) is 3.26. The third kappa shape index (κ3) is 8.86. The molecule has 0 aliphatic carbocycles. The number of hydrogen-bond donors (Lipinski definition) is 2. The van der Waals surface area contributed by atoms with Crippen LogP contribution in [0.15, 0.2) is 0 Å². The molecular weight excluding hydrogens is 282 g/mol. The Hall–Kier alpha value is 0.180. The Morgan fingerprint density at radius 1 is 1.21 bits per heavy atom. The van der Waals surface area contributed by atoms with E-state index in [-0.39, 0.29) is 5.75 Å². The summed E-state index contributed by atoms with van der Waals surface area (Å²) in [5.41, 5.74) is 0. The van der Waals surface area contributed by atoms with Crippen LogP contribution in [0.3, 0.4) is 0 Å². The molecule has 1 saturated heterocycles. The minimum absolute atomic E-state index is 0.220. The van der Waals surface area contributed by atoms with Crippen LogP contribution in [-0.4, -0.2) is 70.3 Å². The Bertz CT molecular complexity index is 317. The third-order valence-electron chi connectivity index (χ3n) is 3.23. The minimum Gasteiger partial charge on any atom is -0.314 e. The van der Waals surface area contributed by atoms with Crippen LogP contribution in [0.5, 0.6) is 0 Å². The smallest absolute Gasteiger partial charge is 0.212 e. The molecule has 0 amide bonds. The SMILES string of the molecule is CSCCCCCNS(=O)(=O)CCN1CCNCC1. The van der Waals surface area contributed by atoms with Crippen molar-refractivity contribution in [3.05, 3.63) is 0 Å². The molecule has 1 aliphatic rings. The van der Waals surface area contributed by atoms with Crippen LogP contribution in [0.4, 0.5) is 0 Å². The van der Waals surface area contributed by atoms with E-state index in [9.17, 15) is 8.42 Å². The lowest BCUT2D eigenvalue weighted by molar-refractivity contribution is 0.253. The van der Waals surface area contributed by atoms with Gasteiger partial charge in [-0.3, -0.25) is 4.90 Å². The molecule has 2 N–H and O–H groups in total. The molecule has 1 rings (SSSR count). The van der Waals surface area contributed by atoms with Gasteiger partial charge in [0, 0.05) is 39.3 Å². The Balaban J connectivity index is 2.06. The molecule has 1 fully saturated rings. The van der Waals surface area contributed by atoms with Gasteiger partial charge in [0.25, 0.3) is 0 Å². The fraction of sp³-hybridized carbons (Fsp3) is 1.00. The highest BCUT2D eigenvalue weighted by atomic mass is 32.2. The van der Waals surface area contributed by atoms with E-state index in [0.29, 0.717) is 13.1 Å². The summed E-state index contributed by atoms with van der Waals surface area (Å²) in [4.78, 5) is 2.20. The van der Waals surface area contributed by atoms with Crippen molar-refractivity contribution < 1.29 is 8.42 Å². The van der Waals surface area contributed by atoms with Gasteiger partial charge < -0.3 is 5.32 Å². The number of unbranched alkanes of at least 4 members (excludes halogenated alkanes) is 2. The van der Waals surface area contributed by atoms with E-state index in [2.05, 4.69) is 21.2 Å². The summed E-state index contributed by atoms with van der Waals surface area (Å²) >= 11 is 1.84. The van der Waals surface area contributed by atoms with E-state index < -0.39 is 10.0 Å². The average molecular weight is 310 g/mol. The maximum absolute atomic E-state index is 11.8. The molecule has 7 heteroatoms. The van der Waals surface area contributed by atoms with E-state index >= 15 is 0 Å². The molecule has 114 valence electrons. The molecule has 0 spiro atoms. The number of hydrogen-bond acceptors (Lipinski definition) is 5. The van der Waals surface area contributed by atoms with Crippen molar-refractivity contribution in [1.29, 1.82) is 0 Å². The van der Waals surface area contributed by atoms with E-state index in [0.717, 1.165) is 44.8 Å². The monoisotopic (exact) mass is 309 g/mol. The molecule has 0 aromatic carbocycles. The molecular formula is C12H27N3O2S2. The largest absolute Gasteiger partial charge is 0.314 e. The molecule has 0 saturated carbocycles. The highest BCUT2D eigenvalue weighted by Crippen LogP contribution is 2.02. The van der Waals surface area contributed by atoms with Gasteiger partial charge in [0.1, 0.15) is 0 Å². The number of thioether (sulfide) groups is 1. The predicted octanol–water partition coefficient (Wildman–Crippen LogP) is 0.344. The van der Waals surface area contributed by atoms with Crippen molar-refractivity contribution in [2.45, 2.75) is 19.3 Å². The van der Waals surface area contributed by atoms with Crippen LogP contribution in [0.1, 0.15) is 19.3 Å². The third-order valence-corrected chi connectivity index (χ3v) is 5.29. The summed E-state index contributed by atoms with van der Waals surface area (Å²) in [6.45, 7) is 5.04. The van der Waals surface area contributed by atoms with Gasteiger partial charge in [-0.15, -0.1) is 0 Å². The summed E-state index contributed by atoms with van der Waals surface area (Å²) in [6, 6.07) is 0. The van der Waals surface area contributed by atoms with Gasteiger partial charge in [0.2, 0.25) is 10.0 Å². The first-order valence-corrected chi connectivity index (χ1v) is 10.1. The van der Waals surface area contributed by atoms with Crippen LogP contribution >= 0.6 is 11.8 Å². The fourth-order valence-electron chi connectivity index (χ4n) is 2.03. The van der Waals surface area contributed by atoms with Crippen LogP contribution < -0.4 is 10.0 Å². The van der Waals surface area contributed by atoms with Gasteiger partial charge in [0.05, 0.1) is 5.75 Å². The first kappa shape index (κ1) is 17.2. The molecule has 0 atom stereocenters. The number of nitrogens with zero attached hydrogens (tertiary/aromatic N) is 1. The molecule has 19 heavy (non-hydrogen) atoms. The van der Waals surface area contributed by atoms with Crippen molar-refractivity contribution in [1.82, 2.24) is 14.9 Å². The second-order valence-corrected chi connectivity index (χ2v) is 7.77. The summed E-state index contributed by atoms with van der Waals surface area (Å²) < 4.78 is 26.3. The quantitative estimate of drug-likeness (QED) is 0.570. The van der Waals surface area contributed by atoms with Gasteiger partial charge in [0.15, 0.2) is 0 Å². The minimum atomic E-state index is -3.09. The van der Waals surface area contributed by atoms with Gasteiger partial charge in [-0.25, -0.2) is 13.1 Å². The number of sulfonamides is 1. The molecule has 1 aliphatic heterocycles. The molecule has 0 radical (unpaired) electrons. The molecule has 1 heterocycles. The Labute approximate surface area is 121 Å². The predicted molar refractivity (Wildman–Crippen MR) is 83.3 cm³/mol. The Morgan fingerprint density at radius 3 is 2.63 bits per heavy atom. The Kier molecular flexibility index (Phi) is 9.06. The molecule has 0 bridgehead atoms. The van der Waals surface area contributed by atoms with Crippen LogP contribution in [0, 0.1) is 0 Å². The lowest BCUT2D eigenvalue weighted by Gasteiger charge is -2.26. The summed E-state index contributed by atoms with van der Waals surface area (Å²) in [5.74, 6) is 1.38. The zero-order chi connectivity index (χ0) is 14.0. The van der Waals surface area contributed by atoms with E-state index in [4.69, 9.17) is 0 Å². The van der Waals surface area contributed by atoms with Gasteiger partial charge in [-0.2, -0.15) is 11.8 Å². The van der Waals surface area contributed by atoms with Crippen molar-refractivity contribution in [3.8, 4) is 0 Å². The topological polar surface area (TPSA) is 61.4 Å². The van der Waals surface area contributed by atoms with Gasteiger partial charge in [-0.1, -0.05) is 6.42 Å². The maximum atomic E-state index is 11.8. The first-order valence-electron chi connectivity index (χ1n) is 7.03. The molecule has 0 unspecified atom stereocenters. The second kappa shape index (κ2) is 9.99. The van der Waals surface area contributed by atoms with Crippen molar-refractivity contribution in [2.75, 3.05) is 57.0 Å². The fourth-order valence-corrected chi connectivity index (χ4v) is 3.62. The van der Waals surface area contributed by atoms with Crippen molar-refractivity contribution >= 4 is 21.8 Å². The average Bonchev–Trinajstić information content (AvgIpc) is 2.42. The van der Waals surface area contributed by atoms with E-state index in [1.807, 2.05) is 11.8 Å². The molecule has 0 aromatic rings. The van der Waals surface area contributed by atoms with E-state index in [1.165, 1.54) is 6.42 Å². The van der Waals surface area contributed by atoms with Crippen LogP contribution in [-0.2, 0) is 10.0 Å². The van der Waals surface area contributed by atoms with Gasteiger partial charge >= 0.3 is 0 Å². The normalized spacial score (nSPS) is 17.7. The van der Waals surface area contributed by atoms with E-state index in [1.54, 1.807) is 0 Å². The number of nitrogens with one attached hydrogen (secondary N) is 2. The molecule has 5 nitrogen and oxygen atoms in total. The lowest BCUT2D eigenvalue weighted by atomic mass is 10.2. The highest BCUT2D eigenvalue weighted by molar-refractivity contribution is 7.98. The maximum Gasteiger partial charge on any atom is 0.212 e. The number of rotatable bonds is 10. The zero-order valence-electron chi connectivity index (χ0n) is 11.9. The van der Waals surface area contributed by atoms with Crippen molar-refractivity contribution in [2.24, 2.45) is 0 Å². The van der Waals surface area contributed by atoms with Crippen LogP contribution in [0.25, 0.3) is 0 Å². The standard InChI is InChI=1S/C12H27N3O2S2/c1-18-11-4-2-3-5-14-19(16,17)12-10-15-8-6-13-7-9-15/h13-14H,2-12H2,1H3. The van der Waals surface area contributed by atoms with Crippen LogP contribution in [0.2, 0.25) is 0 Å². The Morgan fingerprint density at radius 2 is 1.95 bits per heavy atom. The van der Waals surface area contributed by atoms with Gasteiger partial charge in [-0.05, 0) is 24.9 Å². The van der Waals surface area contributed by atoms with Crippen molar-refractivity contribution in [3.63, 3.8) is 0 Å². The summed E-state index contributed by atoms with van der Waals surface area (Å²) in [7, 11) is -3.09. The number of piperazine rings is 1. The summed E-state index contributed by atoms with van der Waals surface area (Å²) in [6.07, 6.45) is 5.30. The lowest BCUT2D eigenvalue weighted by Crippen LogP contribution is -2.45. The second-order valence-electron chi connectivity index (χ2n) is 4.86. The zero-order valence-corrected chi connectivity index (χ0v) is 13.5. The first-order chi connectivity index (χ1) is 9.14.